The summed E-state index contributed by atoms with van der Waals surface area (Å²) in [5.41, 5.74) is 2.68. The van der Waals surface area contributed by atoms with Crippen molar-refractivity contribution in [1.29, 1.82) is 0 Å². The van der Waals surface area contributed by atoms with Crippen LogP contribution in [0.25, 0.3) is 10.2 Å². The van der Waals surface area contributed by atoms with E-state index in [2.05, 4.69) is 40.7 Å². The van der Waals surface area contributed by atoms with Crippen molar-refractivity contribution in [2.75, 3.05) is 31.1 Å². The minimum absolute atomic E-state index is 0.0217. The minimum atomic E-state index is -0.448. The van der Waals surface area contributed by atoms with E-state index in [1.807, 2.05) is 65.6 Å². The average Bonchev–Trinajstić information content (AvgIpc) is 3.27. The third-order valence-corrected chi connectivity index (χ3v) is 7.83. The number of hydrogen-bond acceptors (Lipinski definition) is 5. The van der Waals surface area contributed by atoms with Crippen LogP contribution in [0, 0.1) is 0 Å². The molecule has 5 rings (SSSR count). The lowest BCUT2D eigenvalue weighted by Gasteiger charge is -2.32. The SMILES string of the molecule is CCN(CC)CCN(C(=O)C1c2ccccc2Oc2ccccc21)c1nc2ccc(Br)cc2s1. The van der Waals surface area contributed by atoms with Gasteiger partial charge in [-0.25, -0.2) is 4.98 Å². The van der Waals surface area contributed by atoms with E-state index < -0.39 is 5.92 Å². The van der Waals surface area contributed by atoms with Crippen molar-refractivity contribution in [2.24, 2.45) is 0 Å². The molecule has 0 atom stereocenters. The van der Waals surface area contributed by atoms with Gasteiger partial charge >= 0.3 is 0 Å². The van der Waals surface area contributed by atoms with E-state index in [0.717, 1.165) is 62.1 Å². The number of fused-ring (bicyclic) bond motifs is 3. The second kappa shape index (κ2) is 9.86. The maximum atomic E-state index is 14.4. The summed E-state index contributed by atoms with van der Waals surface area (Å²) < 4.78 is 8.20. The van der Waals surface area contributed by atoms with Gasteiger partial charge in [0.15, 0.2) is 5.13 Å². The maximum absolute atomic E-state index is 14.4. The molecule has 1 aromatic heterocycles. The molecule has 0 N–H and O–H groups in total. The number of ether oxygens (including phenoxy) is 1. The predicted molar refractivity (Wildman–Crippen MR) is 142 cm³/mol. The van der Waals surface area contributed by atoms with Crippen LogP contribution in [0.5, 0.6) is 11.5 Å². The molecule has 0 bridgehead atoms. The summed E-state index contributed by atoms with van der Waals surface area (Å²) >= 11 is 5.11. The topological polar surface area (TPSA) is 45.7 Å². The zero-order valence-corrected chi connectivity index (χ0v) is 21.6. The van der Waals surface area contributed by atoms with Crippen molar-refractivity contribution in [2.45, 2.75) is 19.8 Å². The molecule has 1 amide bonds. The minimum Gasteiger partial charge on any atom is -0.457 e. The highest BCUT2D eigenvalue weighted by Crippen LogP contribution is 2.45. The van der Waals surface area contributed by atoms with Crippen LogP contribution in [0.2, 0.25) is 0 Å². The fourth-order valence-corrected chi connectivity index (χ4v) is 5.96. The van der Waals surface area contributed by atoms with E-state index in [-0.39, 0.29) is 5.91 Å². The molecule has 0 fully saturated rings. The van der Waals surface area contributed by atoms with Crippen LogP contribution in [-0.4, -0.2) is 42.0 Å². The molecular formula is C27H26BrN3O2S. The maximum Gasteiger partial charge on any atom is 0.241 e. The van der Waals surface area contributed by atoms with Crippen molar-refractivity contribution < 1.29 is 9.53 Å². The van der Waals surface area contributed by atoms with E-state index in [9.17, 15) is 4.79 Å². The number of amides is 1. The number of anilines is 1. The molecule has 0 unspecified atom stereocenters. The van der Waals surface area contributed by atoms with Crippen molar-refractivity contribution in [3.05, 3.63) is 82.3 Å². The first kappa shape index (κ1) is 23.0. The molecule has 2 heterocycles. The summed E-state index contributed by atoms with van der Waals surface area (Å²) in [5, 5.41) is 0.728. The number of likely N-dealkylation sites (N-methyl/N-ethyl adjacent to an activating group) is 1. The summed E-state index contributed by atoms with van der Waals surface area (Å²) in [6.07, 6.45) is 0. The van der Waals surface area contributed by atoms with Crippen LogP contribution in [0.15, 0.2) is 71.2 Å². The van der Waals surface area contributed by atoms with Crippen LogP contribution in [0.4, 0.5) is 5.13 Å². The number of thiazole rings is 1. The Morgan fingerprint density at radius 3 is 2.26 bits per heavy atom. The molecule has 5 nitrogen and oxygen atoms in total. The summed E-state index contributed by atoms with van der Waals surface area (Å²) in [6, 6.07) is 21.7. The lowest BCUT2D eigenvalue weighted by atomic mass is 9.87. The molecule has 1 aliphatic heterocycles. The van der Waals surface area contributed by atoms with E-state index in [1.165, 1.54) is 0 Å². The number of para-hydroxylation sites is 2. The van der Waals surface area contributed by atoms with Crippen LogP contribution >= 0.6 is 27.3 Å². The molecule has 0 radical (unpaired) electrons. The van der Waals surface area contributed by atoms with Crippen LogP contribution in [0.1, 0.15) is 30.9 Å². The molecule has 7 heteroatoms. The number of rotatable bonds is 7. The van der Waals surface area contributed by atoms with Crippen LogP contribution in [-0.2, 0) is 4.79 Å². The lowest BCUT2D eigenvalue weighted by Crippen LogP contribution is -2.42. The quantitative estimate of drug-likeness (QED) is 0.265. The summed E-state index contributed by atoms with van der Waals surface area (Å²) in [6.45, 7) is 7.53. The first-order valence-corrected chi connectivity index (χ1v) is 13.2. The second-order valence-electron chi connectivity index (χ2n) is 8.24. The first-order valence-electron chi connectivity index (χ1n) is 11.5. The molecular weight excluding hydrogens is 510 g/mol. The molecule has 0 saturated carbocycles. The van der Waals surface area contributed by atoms with Crippen LogP contribution < -0.4 is 9.64 Å². The van der Waals surface area contributed by atoms with Gasteiger partial charge in [-0.05, 0) is 43.4 Å². The third-order valence-electron chi connectivity index (χ3n) is 6.30. The fourth-order valence-electron chi connectivity index (χ4n) is 4.41. The Hall–Kier alpha value is -2.74. The summed E-state index contributed by atoms with van der Waals surface area (Å²) in [4.78, 5) is 23.4. The monoisotopic (exact) mass is 535 g/mol. The van der Waals surface area contributed by atoms with Gasteiger partial charge in [0, 0.05) is 28.7 Å². The normalized spacial score (nSPS) is 12.9. The van der Waals surface area contributed by atoms with Gasteiger partial charge in [0.1, 0.15) is 11.5 Å². The van der Waals surface area contributed by atoms with Crippen molar-refractivity contribution in [1.82, 2.24) is 9.88 Å². The third kappa shape index (κ3) is 4.35. The van der Waals surface area contributed by atoms with E-state index >= 15 is 0 Å². The summed E-state index contributed by atoms with van der Waals surface area (Å²) in [5.74, 6) is 1.04. The van der Waals surface area contributed by atoms with Gasteiger partial charge in [0.2, 0.25) is 5.91 Å². The molecule has 0 spiro atoms. The highest BCUT2D eigenvalue weighted by atomic mass is 79.9. The molecule has 34 heavy (non-hydrogen) atoms. The molecule has 1 aliphatic rings. The number of nitrogens with zero attached hydrogens (tertiary/aromatic N) is 3. The van der Waals surface area contributed by atoms with Crippen LogP contribution in [0.3, 0.4) is 0 Å². The van der Waals surface area contributed by atoms with Gasteiger partial charge in [-0.3, -0.25) is 9.69 Å². The van der Waals surface area contributed by atoms with Gasteiger partial charge in [-0.15, -0.1) is 0 Å². The number of carbonyl (C=O) groups excluding carboxylic acids is 1. The highest BCUT2D eigenvalue weighted by molar-refractivity contribution is 9.10. The zero-order valence-electron chi connectivity index (χ0n) is 19.2. The Bertz CT molecular complexity index is 1290. The highest BCUT2D eigenvalue weighted by Gasteiger charge is 2.36. The van der Waals surface area contributed by atoms with Gasteiger partial charge < -0.3 is 9.64 Å². The molecule has 174 valence electrons. The Balaban J connectivity index is 1.59. The van der Waals surface area contributed by atoms with Gasteiger partial charge in [0.05, 0.1) is 16.1 Å². The number of benzene rings is 3. The number of halogens is 1. The fraction of sp³-hybridized carbons (Fsp3) is 0.259. The number of carbonyl (C=O) groups is 1. The van der Waals surface area contributed by atoms with Crippen molar-refractivity contribution in [3.8, 4) is 11.5 Å². The predicted octanol–water partition coefficient (Wildman–Crippen LogP) is 6.67. The van der Waals surface area contributed by atoms with Gasteiger partial charge in [0.25, 0.3) is 0 Å². The van der Waals surface area contributed by atoms with E-state index in [0.29, 0.717) is 6.54 Å². The number of hydrogen-bond donors (Lipinski definition) is 0. The first-order chi connectivity index (χ1) is 16.6. The number of aromatic nitrogens is 1. The Labute approximate surface area is 212 Å². The second-order valence-corrected chi connectivity index (χ2v) is 10.2. The van der Waals surface area contributed by atoms with Crippen molar-refractivity contribution in [3.63, 3.8) is 0 Å². The molecule has 0 aliphatic carbocycles. The van der Waals surface area contributed by atoms with E-state index in [1.54, 1.807) is 11.3 Å². The molecule has 3 aromatic carbocycles. The Morgan fingerprint density at radius 1 is 0.971 bits per heavy atom. The standard InChI is InChI=1S/C27H26BrN3O2S/c1-3-30(4-2)15-16-31(27-29-21-14-13-18(28)17-24(21)34-27)26(32)25-19-9-5-7-11-22(19)33-23-12-8-6-10-20(23)25/h5-14,17,25H,3-4,15-16H2,1-2H3. The Kier molecular flexibility index (Phi) is 6.68. The Morgan fingerprint density at radius 2 is 1.62 bits per heavy atom. The largest absolute Gasteiger partial charge is 0.457 e. The van der Waals surface area contributed by atoms with Gasteiger partial charge in [-0.1, -0.05) is 77.5 Å². The smallest absolute Gasteiger partial charge is 0.241 e. The summed E-state index contributed by atoms with van der Waals surface area (Å²) in [7, 11) is 0. The zero-order chi connectivity index (χ0) is 23.7. The molecule has 4 aromatic rings. The average molecular weight is 536 g/mol. The van der Waals surface area contributed by atoms with E-state index in [4.69, 9.17) is 9.72 Å². The molecule has 0 saturated heterocycles. The lowest BCUT2D eigenvalue weighted by molar-refractivity contribution is -0.119. The van der Waals surface area contributed by atoms with Crippen molar-refractivity contribution >= 4 is 48.5 Å². The van der Waals surface area contributed by atoms with Gasteiger partial charge in [-0.2, -0.15) is 0 Å².